The van der Waals surface area contributed by atoms with Crippen LogP contribution in [0.3, 0.4) is 0 Å². The summed E-state index contributed by atoms with van der Waals surface area (Å²) in [6, 6.07) is 0.0994. The highest BCUT2D eigenvalue weighted by Crippen LogP contribution is 2.30. The van der Waals surface area contributed by atoms with Crippen LogP contribution in [0.25, 0.3) is 5.65 Å². The second-order valence-electron chi connectivity index (χ2n) is 8.14. The Morgan fingerprint density at radius 1 is 1.40 bits per heavy atom. The van der Waals surface area contributed by atoms with E-state index in [0.29, 0.717) is 18.0 Å². The van der Waals surface area contributed by atoms with E-state index in [0.717, 1.165) is 31.4 Å². The van der Waals surface area contributed by atoms with Gasteiger partial charge in [0, 0.05) is 24.7 Å². The summed E-state index contributed by atoms with van der Waals surface area (Å²) in [7, 11) is 0. The molecule has 0 atom stereocenters. The van der Waals surface area contributed by atoms with Gasteiger partial charge in [-0.3, -0.25) is 14.2 Å². The topological polar surface area (TPSA) is 101 Å². The lowest BCUT2D eigenvalue weighted by molar-refractivity contribution is 0.0944. The zero-order valence-corrected chi connectivity index (χ0v) is 14.7. The molecular weight excluding hydrogens is 322 g/mol. The van der Waals surface area contributed by atoms with Crippen molar-refractivity contribution in [1.29, 1.82) is 0 Å². The van der Waals surface area contributed by atoms with Crippen LogP contribution >= 0.6 is 0 Å². The van der Waals surface area contributed by atoms with Crippen LogP contribution in [0, 0.1) is 5.41 Å². The second kappa shape index (κ2) is 5.24. The molecule has 8 heteroatoms. The van der Waals surface area contributed by atoms with E-state index >= 15 is 0 Å². The van der Waals surface area contributed by atoms with Crippen LogP contribution in [-0.2, 0) is 13.0 Å². The van der Waals surface area contributed by atoms with Gasteiger partial charge in [-0.2, -0.15) is 4.52 Å². The molecule has 0 radical (unpaired) electrons. The van der Waals surface area contributed by atoms with Crippen molar-refractivity contribution in [1.82, 2.24) is 19.5 Å². The van der Waals surface area contributed by atoms with E-state index in [1.807, 2.05) is 20.8 Å². The molecule has 25 heavy (non-hydrogen) atoms. The van der Waals surface area contributed by atoms with Crippen molar-refractivity contribution in [3.05, 3.63) is 21.5 Å². The first kappa shape index (κ1) is 16.0. The van der Waals surface area contributed by atoms with Crippen LogP contribution in [0.5, 0.6) is 5.88 Å². The van der Waals surface area contributed by atoms with Crippen molar-refractivity contribution in [3.63, 3.8) is 0 Å². The van der Waals surface area contributed by atoms with Crippen LogP contribution in [0.15, 0.2) is 4.79 Å². The Morgan fingerprint density at radius 3 is 2.76 bits per heavy atom. The summed E-state index contributed by atoms with van der Waals surface area (Å²) in [5.41, 5.74) is 0.609. The van der Waals surface area contributed by atoms with E-state index in [1.165, 1.54) is 4.52 Å². The summed E-state index contributed by atoms with van der Waals surface area (Å²) in [5.74, 6) is -0.255. The molecule has 1 fully saturated rings. The highest BCUT2D eigenvalue weighted by atomic mass is 16.3. The molecule has 3 heterocycles. The number of anilines is 1. The lowest BCUT2D eigenvalue weighted by Gasteiger charge is -2.22. The van der Waals surface area contributed by atoms with Gasteiger partial charge >= 0.3 is 0 Å². The quantitative estimate of drug-likeness (QED) is 0.774. The zero-order chi connectivity index (χ0) is 17.9. The third kappa shape index (κ3) is 2.65. The van der Waals surface area contributed by atoms with Crippen molar-refractivity contribution in [3.8, 4) is 5.88 Å². The Balaban J connectivity index is 1.97. The fourth-order valence-electron chi connectivity index (χ4n) is 3.28. The maximum atomic E-state index is 13.1. The van der Waals surface area contributed by atoms with Crippen LogP contribution in [0.1, 0.15) is 49.5 Å². The highest BCUT2D eigenvalue weighted by Gasteiger charge is 2.32. The highest BCUT2D eigenvalue weighted by molar-refractivity contribution is 5.96. The molecule has 2 aromatic heterocycles. The molecule has 0 spiro atoms. The standard InChI is InChI=1S/C17H23N5O3/c1-17(2,3)8-21-14-10-6-7-18-12(10)20-22(14)16(25)11(15(21)24)13(23)19-9-4-5-9/h9,25H,4-8H2,1-3H3,(H,18,20)(H,19,23). The maximum Gasteiger partial charge on any atom is 0.270 e. The summed E-state index contributed by atoms with van der Waals surface area (Å²) < 4.78 is 2.91. The molecule has 3 N–H and O–H groups in total. The molecule has 1 amide bonds. The fourth-order valence-corrected chi connectivity index (χ4v) is 3.28. The first-order valence-corrected chi connectivity index (χ1v) is 8.68. The Labute approximate surface area is 144 Å². The van der Waals surface area contributed by atoms with Crippen LogP contribution in [-0.4, -0.2) is 37.8 Å². The largest absolute Gasteiger partial charge is 0.492 e. The molecule has 1 aliphatic carbocycles. The molecule has 1 saturated carbocycles. The number of carbonyl (C=O) groups excluding carboxylic acids is 1. The molecule has 0 unspecified atom stereocenters. The molecule has 1 aliphatic heterocycles. The molecular formula is C17H23N5O3. The summed E-state index contributed by atoms with van der Waals surface area (Å²) in [6.07, 6.45) is 2.55. The monoisotopic (exact) mass is 345 g/mol. The SMILES string of the molecule is CC(C)(C)Cn1c(=O)c(C(=O)NC2CC2)c(O)n2nc3c(c12)CCN3. The Kier molecular flexibility index (Phi) is 3.35. The predicted octanol–water partition coefficient (Wildman–Crippen LogP) is 1.11. The number of amides is 1. The van der Waals surface area contributed by atoms with Gasteiger partial charge in [-0.05, 0) is 24.7 Å². The number of aromatic nitrogens is 3. The van der Waals surface area contributed by atoms with Gasteiger partial charge in [0.2, 0.25) is 5.88 Å². The number of hydrogen-bond donors (Lipinski definition) is 3. The van der Waals surface area contributed by atoms with Gasteiger partial charge < -0.3 is 15.7 Å². The van der Waals surface area contributed by atoms with E-state index in [4.69, 9.17) is 0 Å². The lowest BCUT2D eigenvalue weighted by atomic mass is 9.96. The summed E-state index contributed by atoms with van der Waals surface area (Å²) in [6.45, 7) is 7.27. The summed E-state index contributed by atoms with van der Waals surface area (Å²) in [4.78, 5) is 25.6. The smallest absolute Gasteiger partial charge is 0.270 e. The number of fused-ring (bicyclic) bond motifs is 3. The number of nitrogens with one attached hydrogen (secondary N) is 2. The molecule has 8 nitrogen and oxygen atoms in total. The minimum absolute atomic E-state index is 0.0994. The van der Waals surface area contributed by atoms with Gasteiger partial charge in [0.1, 0.15) is 5.65 Å². The number of aromatic hydroxyl groups is 1. The van der Waals surface area contributed by atoms with Crippen molar-refractivity contribution in [2.24, 2.45) is 5.41 Å². The van der Waals surface area contributed by atoms with E-state index in [-0.39, 0.29) is 22.9 Å². The summed E-state index contributed by atoms with van der Waals surface area (Å²) in [5, 5.41) is 20.9. The first-order valence-electron chi connectivity index (χ1n) is 8.68. The summed E-state index contributed by atoms with van der Waals surface area (Å²) >= 11 is 0. The van der Waals surface area contributed by atoms with Crippen molar-refractivity contribution in [2.45, 2.75) is 52.6 Å². The first-order chi connectivity index (χ1) is 11.8. The third-order valence-corrected chi connectivity index (χ3v) is 4.53. The van der Waals surface area contributed by atoms with Gasteiger partial charge in [0.15, 0.2) is 11.4 Å². The van der Waals surface area contributed by atoms with E-state index in [1.54, 1.807) is 4.57 Å². The average Bonchev–Trinajstić information content (AvgIpc) is 3.06. The van der Waals surface area contributed by atoms with Gasteiger partial charge in [0.05, 0.1) is 0 Å². The van der Waals surface area contributed by atoms with Crippen molar-refractivity contribution in [2.75, 3.05) is 11.9 Å². The molecule has 2 aliphatic rings. The Bertz CT molecular complexity index is 931. The van der Waals surface area contributed by atoms with Gasteiger partial charge in [-0.25, -0.2) is 0 Å². The normalized spacial score (nSPS) is 16.8. The number of hydrogen-bond acceptors (Lipinski definition) is 5. The number of nitrogens with zero attached hydrogens (tertiary/aromatic N) is 3. The van der Waals surface area contributed by atoms with Gasteiger partial charge in [-0.15, -0.1) is 5.10 Å². The molecule has 2 aromatic rings. The van der Waals surface area contributed by atoms with E-state index < -0.39 is 11.5 Å². The van der Waals surface area contributed by atoms with Gasteiger partial charge in [0.25, 0.3) is 11.5 Å². The van der Waals surface area contributed by atoms with Crippen molar-refractivity contribution < 1.29 is 9.90 Å². The minimum Gasteiger partial charge on any atom is -0.492 e. The number of rotatable bonds is 3. The Morgan fingerprint density at radius 2 is 2.12 bits per heavy atom. The van der Waals surface area contributed by atoms with E-state index in [9.17, 15) is 14.7 Å². The second-order valence-corrected chi connectivity index (χ2v) is 8.14. The molecule has 0 aromatic carbocycles. The zero-order valence-electron chi connectivity index (χ0n) is 14.7. The van der Waals surface area contributed by atoms with Crippen LogP contribution in [0.4, 0.5) is 5.82 Å². The third-order valence-electron chi connectivity index (χ3n) is 4.53. The predicted molar refractivity (Wildman–Crippen MR) is 93.3 cm³/mol. The molecule has 134 valence electrons. The van der Waals surface area contributed by atoms with Crippen LogP contribution in [0.2, 0.25) is 0 Å². The maximum absolute atomic E-state index is 13.1. The molecule has 4 rings (SSSR count). The Hall–Kier alpha value is -2.51. The average molecular weight is 345 g/mol. The van der Waals surface area contributed by atoms with Gasteiger partial charge in [-0.1, -0.05) is 20.8 Å². The molecule has 0 bridgehead atoms. The number of carbonyl (C=O) groups is 1. The van der Waals surface area contributed by atoms with Crippen LogP contribution < -0.4 is 16.2 Å². The van der Waals surface area contributed by atoms with Crippen molar-refractivity contribution >= 4 is 17.4 Å². The molecule has 0 saturated heterocycles. The fraction of sp³-hybridized carbons (Fsp3) is 0.588. The minimum atomic E-state index is -0.529. The lowest BCUT2D eigenvalue weighted by Crippen LogP contribution is -2.37. The van der Waals surface area contributed by atoms with E-state index in [2.05, 4.69) is 15.7 Å².